The standard InChI is InChI=1S/C24H25F3N2O5/c1-23(2,12-20(30)31)29-21(32)19(11-24(25,26)27)28-22(33)34-13-18-16-9-5-3-7-14(16)15-8-4-6-10-17(15)18/h3-10,18-19H,11-13H2,1-2H3,(H,28,33)(H,29,32)(H,30,31). The molecule has 2 amide bonds. The predicted molar refractivity (Wildman–Crippen MR) is 117 cm³/mol. The molecule has 0 saturated carbocycles. The molecule has 0 spiro atoms. The Morgan fingerprint density at radius 1 is 1.00 bits per heavy atom. The first-order valence-corrected chi connectivity index (χ1v) is 10.6. The lowest BCUT2D eigenvalue weighted by Gasteiger charge is -2.28. The van der Waals surface area contributed by atoms with Gasteiger partial charge in [0.05, 0.1) is 12.8 Å². The number of fused-ring (bicyclic) bond motifs is 3. The summed E-state index contributed by atoms with van der Waals surface area (Å²) in [5.74, 6) is -2.69. The molecule has 0 aromatic heterocycles. The van der Waals surface area contributed by atoms with E-state index in [4.69, 9.17) is 9.84 Å². The summed E-state index contributed by atoms with van der Waals surface area (Å²) in [6, 6.07) is 13.2. The topological polar surface area (TPSA) is 105 Å². The monoisotopic (exact) mass is 478 g/mol. The number of rotatable bonds is 8. The lowest BCUT2D eigenvalue weighted by Crippen LogP contribution is -2.55. The highest BCUT2D eigenvalue weighted by Crippen LogP contribution is 2.44. The number of benzene rings is 2. The maximum atomic E-state index is 13.1. The van der Waals surface area contributed by atoms with E-state index in [1.54, 1.807) is 0 Å². The number of nitrogens with one attached hydrogen (secondary N) is 2. The maximum Gasteiger partial charge on any atom is 0.407 e. The third-order valence-electron chi connectivity index (χ3n) is 5.44. The van der Waals surface area contributed by atoms with Gasteiger partial charge in [0.15, 0.2) is 0 Å². The molecule has 34 heavy (non-hydrogen) atoms. The summed E-state index contributed by atoms with van der Waals surface area (Å²) in [6.45, 7) is 2.58. The van der Waals surface area contributed by atoms with Crippen LogP contribution in [0.1, 0.15) is 43.7 Å². The van der Waals surface area contributed by atoms with Crippen LogP contribution in [0.15, 0.2) is 48.5 Å². The van der Waals surface area contributed by atoms with Crippen LogP contribution in [0.5, 0.6) is 0 Å². The summed E-state index contributed by atoms with van der Waals surface area (Å²) >= 11 is 0. The van der Waals surface area contributed by atoms with Crippen molar-refractivity contribution in [2.45, 2.75) is 50.4 Å². The van der Waals surface area contributed by atoms with Gasteiger partial charge >= 0.3 is 18.2 Å². The van der Waals surface area contributed by atoms with E-state index in [2.05, 4.69) is 5.32 Å². The lowest BCUT2D eigenvalue weighted by atomic mass is 9.98. The molecule has 3 N–H and O–H groups in total. The first-order valence-electron chi connectivity index (χ1n) is 10.6. The van der Waals surface area contributed by atoms with Crippen molar-refractivity contribution in [3.05, 3.63) is 59.7 Å². The minimum atomic E-state index is -4.75. The average molecular weight is 478 g/mol. The minimum absolute atomic E-state index is 0.134. The first-order chi connectivity index (χ1) is 15.9. The number of carboxylic acids is 1. The Bertz CT molecular complexity index is 1040. The van der Waals surface area contributed by atoms with Gasteiger partial charge in [-0.25, -0.2) is 4.79 Å². The third-order valence-corrected chi connectivity index (χ3v) is 5.44. The molecule has 10 heteroatoms. The molecule has 0 fully saturated rings. The van der Waals surface area contributed by atoms with E-state index < -0.39 is 48.6 Å². The van der Waals surface area contributed by atoms with Crippen LogP contribution in [0.4, 0.5) is 18.0 Å². The highest BCUT2D eigenvalue weighted by molar-refractivity contribution is 5.87. The number of aliphatic carboxylic acids is 1. The van der Waals surface area contributed by atoms with Crippen LogP contribution >= 0.6 is 0 Å². The molecule has 1 unspecified atom stereocenters. The van der Waals surface area contributed by atoms with E-state index in [1.165, 1.54) is 13.8 Å². The molecule has 2 aromatic rings. The average Bonchev–Trinajstić information content (AvgIpc) is 3.03. The number of carbonyl (C=O) groups excluding carboxylic acids is 2. The molecule has 182 valence electrons. The van der Waals surface area contributed by atoms with Crippen LogP contribution in [0.25, 0.3) is 11.1 Å². The Labute approximate surface area is 194 Å². The van der Waals surface area contributed by atoms with Crippen LogP contribution in [-0.2, 0) is 14.3 Å². The molecule has 0 heterocycles. The van der Waals surface area contributed by atoms with Crippen molar-refractivity contribution in [2.24, 2.45) is 0 Å². The van der Waals surface area contributed by atoms with Gasteiger partial charge in [-0.3, -0.25) is 9.59 Å². The predicted octanol–water partition coefficient (Wildman–Crippen LogP) is 4.22. The second kappa shape index (κ2) is 9.74. The third kappa shape index (κ3) is 6.27. The van der Waals surface area contributed by atoms with Gasteiger partial charge in [0.2, 0.25) is 5.91 Å². The van der Waals surface area contributed by atoms with Crippen LogP contribution in [0, 0.1) is 0 Å². The summed E-state index contributed by atoms with van der Waals surface area (Å²) < 4.78 is 44.4. The van der Waals surface area contributed by atoms with Crippen LogP contribution < -0.4 is 10.6 Å². The molecule has 3 rings (SSSR count). The fourth-order valence-electron chi connectivity index (χ4n) is 4.07. The molecule has 1 aliphatic rings. The summed E-state index contributed by atoms with van der Waals surface area (Å²) in [6.07, 6.45) is -8.08. The van der Waals surface area contributed by atoms with Crippen molar-refractivity contribution in [1.82, 2.24) is 10.6 Å². The SMILES string of the molecule is CC(C)(CC(=O)O)NC(=O)C(CC(F)(F)F)NC(=O)OCC1c2ccccc2-c2ccccc21. The Morgan fingerprint density at radius 2 is 1.53 bits per heavy atom. The number of ether oxygens (including phenoxy) is 1. The molecule has 0 aliphatic heterocycles. The number of alkyl carbamates (subject to hydrolysis) is 1. The summed E-state index contributed by atoms with van der Waals surface area (Å²) in [4.78, 5) is 35.8. The molecule has 7 nitrogen and oxygen atoms in total. The van der Waals surface area contributed by atoms with Gasteiger partial charge in [0.1, 0.15) is 12.6 Å². The highest BCUT2D eigenvalue weighted by Gasteiger charge is 2.38. The van der Waals surface area contributed by atoms with Gasteiger partial charge < -0.3 is 20.5 Å². The number of halogens is 3. The van der Waals surface area contributed by atoms with Gasteiger partial charge in [0.25, 0.3) is 0 Å². The van der Waals surface area contributed by atoms with Crippen molar-refractivity contribution in [3.8, 4) is 11.1 Å². The molecular formula is C24H25F3N2O5. The Hall–Kier alpha value is -3.56. The number of carboxylic acid groups (broad SMARTS) is 1. The molecule has 0 saturated heterocycles. The second-order valence-corrected chi connectivity index (χ2v) is 8.79. The molecule has 2 aromatic carbocycles. The van der Waals surface area contributed by atoms with E-state index in [0.717, 1.165) is 22.3 Å². The number of alkyl halides is 3. The molecule has 1 atom stereocenters. The van der Waals surface area contributed by atoms with Crippen LogP contribution in [-0.4, -0.2) is 47.4 Å². The largest absolute Gasteiger partial charge is 0.481 e. The minimum Gasteiger partial charge on any atom is -0.481 e. The molecule has 1 aliphatic carbocycles. The highest BCUT2D eigenvalue weighted by atomic mass is 19.4. The van der Waals surface area contributed by atoms with Crippen LogP contribution in [0.2, 0.25) is 0 Å². The fraction of sp³-hybridized carbons (Fsp3) is 0.375. The fourth-order valence-corrected chi connectivity index (χ4v) is 4.07. The van der Waals surface area contributed by atoms with E-state index in [-0.39, 0.29) is 12.5 Å². The van der Waals surface area contributed by atoms with E-state index in [0.29, 0.717) is 0 Å². The quantitative estimate of drug-likeness (QED) is 0.527. The van der Waals surface area contributed by atoms with Gasteiger partial charge in [-0.2, -0.15) is 13.2 Å². The Balaban J connectivity index is 1.69. The summed E-state index contributed by atoms with van der Waals surface area (Å²) in [5, 5.41) is 13.2. The maximum absolute atomic E-state index is 13.1. The van der Waals surface area contributed by atoms with E-state index in [1.807, 2.05) is 53.8 Å². The molecular weight excluding hydrogens is 453 g/mol. The number of amides is 2. The van der Waals surface area contributed by atoms with Gasteiger partial charge in [-0.15, -0.1) is 0 Å². The molecule has 0 bridgehead atoms. The van der Waals surface area contributed by atoms with Crippen molar-refractivity contribution in [2.75, 3.05) is 6.61 Å². The van der Waals surface area contributed by atoms with Gasteiger partial charge in [-0.05, 0) is 36.1 Å². The van der Waals surface area contributed by atoms with Crippen molar-refractivity contribution >= 4 is 18.0 Å². The van der Waals surface area contributed by atoms with Crippen molar-refractivity contribution < 1.29 is 37.4 Å². The number of carbonyl (C=O) groups is 3. The van der Waals surface area contributed by atoms with Crippen molar-refractivity contribution in [3.63, 3.8) is 0 Å². The van der Waals surface area contributed by atoms with E-state index >= 15 is 0 Å². The second-order valence-electron chi connectivity index (χ2n) is 8.79. The van der Waals surface area contributed by atoms with Crippen LogP contribution in [0.3, 0.4) is 0 Å². The smallest absolute Gasteiger partial charge is 0.407 e. The van der Waals surface area contributed by atoms with Gasteiger partial charge in [-0.1, -0.05) is 48.5 Å². The zero-order chi connectivity index (χ0) is 25.1. The normalized spacial score (nSPS) is 14.0. The number of hydrogen-bond donors (Lipinski definition) is 3. The summed E-state index contributed by atoms with van der Waals surface area (Å²) in [7, 11) is 0. The van der Waals surface area contributed by atoms with Gasteiger partial charge in [0, 0.05) is 11.5 Å². The first kappa shape index (κ1) is 25.1. The van der Waals surface area contributed by atoms with E-state index in [9.17, 15) is 27.6 Å². The summed E-state index contributed by atoms with van der Waals surface area (Å²) in [5.41, 5.74) is 2.51. The zero-order valence-electron chi connectivity index (χ0n) is 18.6. The Morgan fingerprint density at radius 3 is 2.03 bits per heavy atom. The Kier molecular flexibility index (Phi) is 7.18. The molecule has 0 radical (unpaired) electrons. The number of hydrogen-bond acceptors (Lipinski definition) is 4. The lowest BCUT2D eigenvalue weighted by molar-refractivity contribution is -0.150. The zero-order valence-corrected chi connectivity index (χ0v) is 18.6. The van der Waals surface area contributed by atoms with Crippen molar-refractivity contribution in [1.29, 1.82) is 0 Å².